The molecule has 3 aliphatic carbocycles. The van der Waals surface area contributed by atoms with E-state index in [1.807, 2.05) is 6.92 Å². The molecular weight excluding hydrogens is 592 g/mol. The van der Waals surface area contributed by atoms with Gasteiger partial charge in [-0.1, -0.05) is 39.3 Å². The Morgan fingerprint density at radius 3 is 1.91 bits per heavy atom. The van der Waals surface area contributed by atoms with Crippen LogP contribution < -0.4 is 0 Å². The number of hydrogen-bond acceptors (Lipinski definition) is 13. The minimum absolute atomic E-state index is 0.0585. The zero-order valence-corrected chi connectivity index (χ0v) is 26.7. The van der Waals surface area contributed by atoms with Crippen LogP contribution in [0.5, 0.6) is 0 Å². The minimum Gasteiger partial charge on any atom is -0.394 e. The lowest BCUT2D eigenvalue weighted by Gasteiger charge is -2.62. The summed E-state index contributed by atoms with van der Waals surface area (Å²) in [6.07, 6.45) is -7.72. The van der Waals surface area contributed by atoms with Crippen LogP contribution in [0.25, 0.3) is 0 Å². The molecule has 13 nitrogen and oxygen atoms in total. The molecular formula is C32H54O13. The molecule has 2 unspecified atom stereocenters. The molecule has 16 atom stereocenters. The first kappa shape index (κ1) is 35.5. The standard InChI is InChI=1S/C32H54O13/c1-30(2)19-6-5-15-11-31(3,21(14-35)45-29-27(41)25(39)23(37)18(13-34)43-29)9-7-16(15)32(19,4)10-8-20(30)44-28-26(40)24(38)22(36)17(12-33)42-28/h11,16-29,33-41H,5-10,12-14H2,1-4H3/t16-,17+,18+,19-,20?,21?,22+,23+,24-,25-,26+,27+,28-,29-,31+,32+/m0/s1. The van der Waals surface area contributed by atoms with Gasteiger partial charge < -0.3 is 64.9 Å². The molecule has 0 amide bonds. The van der Waals surface area contributed by atoms with Gasteiger partial charge in [0, 0.05) is 5.41 Å². The second-order valence-electron chi connectivity index (χ2n) is 15.1. The molecule has 0 radical (unpaired) electrons. The summed E-state index contributed by atoms with van der Waals surface area (Å²) in [6.45, 7) is 7.23. The zero-order valence-electron chi connectivity index (χ0n) is 26.7. The van der Waals surface area contributed by atoms with E-state index in [4.69, 9.17) is 18.9 Å². The van der Waals surface area contributed by atoms with Crippen molar-refractivity contribution in [1.29, 1.82) is 0 Å². The smallest absolute Gasteiger partial charge is 0.187 e. The molecule has 0 spiro atoms. The molecule has 0 bridgehead atoms. The maximum Gasteiger partial charge on any atom is 0.187 e. The third-order valence-electron chi connectivity index (χ3n) is 12.1. The Labute approximate surface area is 264 Å². The summed E-state index contributed by atoms with van der Waals surface area (Å²) in [5.41, 5.74) is 0.318. The Kier molecular flexibility index (Phi) is 10.5. The number of aliphatic hydroxyl groups excluding tert-OH is 9. The van der Waals surface area contributed by atoms with E-state index in [2.05, 4.69) is 26.8 Å². The van der Waals surface area contributed by atoms with Gasteiger partial charge in [-0.05, 0) is 61.2 Å². The number of rotatable bonds is 8. The largest absolute Gasteiger partial charge is 0.394 e. The minimum atomic E-state index is -1.57. The predicted octanol–water partition coefficient (Wildman–Crippen LogP) is -1.07. The number of fused-ring (bicyclic) bond motifs is 3. The van der Waals surface area contributed by atoms with Gasteiger partial charge in [0.2, 0.25) is 0 Å². The fourth-order valence-electron chi connectivity index (χ4n) is 9.32. The van der Waals surface area contributed by atoms with Crippen molar-refractivity contribution in [2.75, 3.05) is 19.8 Å². The maximum atomic E-state index is 10.6. The van der Waals surface area contributed by atoms with Gasteiger partial charge in [-0.15, -0.1) is 0 Å². The van der Waals surface area contributed by atoms with E-state index in [0.29, 0.717) is 12.8 Å². The maximum absolute atomic E-state index is 10.6. The molecule has 260 valence electrons. The van der Waals surface area contributed by atoms with Crippen molar-refractivity contribution in [3.63, 3.8) is 0 Å². The van der Waals surface area contributed by atoms with E-state index in [0.717, 1.165) is 25.7 Å². The summed E-state index contributed by atoms with van der Waals surface area (Å²) in [6, 6.07) is 0. The van der Waals surface area contributed by atoms with E-state index < -0.39 is 86.1 Å². The van der Waals surface area contributed by atoms with E-state index in [1.165, 1.54) is 5.57 Å². The van der Waals surface area contributed by atoms with Crippen LogP contribution in [0.1, 0.15) is 66.2 Å². The molecule has 45 heavy (non-hydrogen) atoms. The molecule has 2 aliphatic heterocycles. The Morgan fingerprint density at radius 2 is 1.33 bits per heavy atom. The van der Waals surface area contributed by atoms with Gasteiger partial charge >= 0.3 is 0 Å². The lowest BCUT2D eigenvalue weighted by molar-refractivity contribution is -0.327. The topological polar surface area (TPSA) is 219 Å². The Balaban J connectivity index is 1.30. The first-order valence-electron chi connectivity index (χ1n) is 16.4. The van der Waals surface area contributed by atoms with Crippen LogP contribution in [0.2, 0.25) is 0 Å². The average molecular weight is 647 g/mol. The molecule has 0 aromatic carbocycles. The fraction of sp³-hybridized carbons (Fsp3) is 0.938. The molecule has 9 N–H and O–H groups in total. The first-order valence-corrected chi connectivity index (χ1v) is 16.4. The van der Waals surface area contributed by atoms with Crippen LogP contribution in [-0.2, 0) is 18.9 Å². The van der Waals surface area contributed by atoms with Crippen molar-refractivity contribution >= 4 is 0 Å². The van der Waals surface area contributed by atoms with Crippen molar-refractivity contribution < 1.29 is 64.9 Å². The van der Waals surface area contributed by atoms with Crippen LogP contribution in [0, 0.1) is 28.1 Å². The summed E-state index contributed by atoms with van der Waals surface area (Å²) < 4.78 is 23.7. The summed E-state index contributed by atoms with van der Waals surface area (Å²) in [4.78, 5) is 0. The number of ether oxygens (including phenoxy) is 4. The van der Waals surface area contributed by atoms with Gasteiger partial charge in [-0.25, -0.2) is 0 Å². The fourth-order valence-corrected chi connectivity index (χ4v) is 9.32. The first-order chi connectivity index (χ1) is 21.1. The normalized spacial score (nSPS) is 50.7. The summed E-state index contributed by atoms with van der Waals surface area (Å²) >= 11 is 0. The molecule has 5 rings (SSSR count). The SMILES string of the molecule is CC1(C)C(O[C@@H]2O[C@H](CO)[C@@H](O)[C@H](O)[C@H]2O)CC[C@]2(C)[C@H]3CC[C@@](C)(C(CO)O[C@@H]4O[C@H](CO)[C@@H](O)[C@H](O)[C@H]4O)C=C3CC[C@@H]12. The summed E-state index contributed by atoms with van der Waals surface area (Å²) in [5, 5.41) is 91.6. The molecule has 4 fully saturated rings. The highest BCUT2D eigenvalue weighted by Gasteiger charge is 2.59. The summed E-state index contributed by atoms with van der Waals surface area (Å²) in [7, 11) is 0. The van der Waals surface area contributed by atoms with Crippen molar-refractivity contribution in [3.05, 3.63) is 11.6 Å². The third-order valence-corrected chi connectivity index (χ3v) is 12.1. The molecule has 2 saturated carbocycles. The van der Waals surface area contributed by atoms with E-state index in [-0.39, 0.29) is 35.4 Å². The van der Waals surface area contributed by atoms with Crippen molar-refractivity contribution in [1.82, 2.24) is 0 Å². The highest BCUT2D eigenvalue weighted by molar-refractivity contribution is 5.25. The number of aliphatic hydroxyl groups is 9. The van der Waals surface area contributed by atoms with Gasteiger partial charge in [0.15, 0.2) is 12.6 Å². The van der Waals surface area contributed by atoms with E-state index >= 15 is 0 Å². The molecule has 2 saturated heterocycles. The summed E-state index contributed by atoms with van der Waals surface area (Å²) in [5.74, 6) is 0.544. The predicted molar refractivity (Wildman–Crippen MR) is 157 cm³/mol. The van der Waals surface area contributed by atoms with Crippen molar-refractivity contribution in [2.24, 2.45) is 28.1 Å². The van der Waals surface area contributed by atoms with Gasteiger partial charge in [0.1, 0.15) is 48.8 Å². The third kappa shape index (κ3) is 6.16. The van der Waals surface area contributed by atoms with E-state index in [9.17, 15) is 46.0 Å². The van der Waals surface area contributed by atoms with Crippen molar-refractivity contribution in [2.45, 2.75) is 140 Å². The van der Waals surface area contributed by atoms with Crippen LogP contribution >= 0.6 is 0 Å². The van der Waals surface area contributed by atoms with Crippen LogP contribution in [0.3, 0.4) is 0 Å². The average Bonchev–Trinajstić information content (AvgIpc) is 3.00. The molecule has 5 aliphatic rings. The van der Waals surface area contributed by atoms with Gasteiger partial charge in [0.25, 0.3) is 0 Å². The number of hydrogen-bond donors (Lipinski definition) is 9. The monoisotopic (exact) mass is 646 g/mol. The zero-order chi connectivity index (χ0) is 33.1. The molecule has 0 aromatic heterocycles. The Hall–Kier alpha value is -0.780. The van der Waals surface area contributed by atoms with Crippen molar-refractivity contribution in [3.8, 4) is 0 Å². The number of allylic oxidation sites excluding steroid dienone is 1. The van der Waals surface area contributed by atoms with Crippen LogP contribution in [0.15, 0.2) is 11.6 Å². The second-order valence-corrected chi connectivity index (χ2v) is 15.1. The highest BCUT2D eigenvalue weighted by Crippen LogP contribution is 2.64. The van der Waals surface area contributed by atoms with Gasteiger partial charge in [-0.2, -0.15) is 0 Å². The Bertz CT molecular complexity index is 1050. The lowest BCUT2D eigenvalue weighted by Crippen LogP contribution is -2.62. The lowest BCUT2D eigenvalue weighted by atomic mass is 9.45. The van der Waals surface area contributed by atoms with Crippen LogP contribution in [0.4, 0.5) is 0 Å². The molecule has 2 heterocycles. The Morgan fingerprint density at radius 1 is 0.756 bits per heavy atom. The molecule has 0 aromatic rings. The molecule has 13 heteroatoms. The van der Waals surface area contributed by atoms with Gasteiger partial charge in [-0.3, -0.25) is 0 Å². The second kappa shape index (κ2) is 13.3. The van der Waals surface area contributed by atoms with Crippen LogP contribution in [-0.4, -0.2) is 139 Å². The van der Waals surface area contributed by atoms with Gasteiger partial charge in [0.05, 0.1) is 32.0 Å². The van der Waals surface area contributed by atoms with E-state index in [1.54, 1.807) is 0 Å². The quantitative estimate of drug-likeness (QED) is 0.113. The highest BCUT2D eigenvalue weighted by atomic mass is 16.7.